The molecule has 2 heterocycles. The molecule has 4 rings (SSSR count). The smallest absolute Gasteiger partial charge is 0.312 e. The van der Waals surface area contributed by atoms with Crippen molar-refractivity contribution in [1.29, 1.82) is 0 Å². The summed E-state index contributed by atoms with van der Waals surface area (Å²) in [6, 6.07) is 8.43. The first-order valence-corrected chi connectivity index (χ1v) is 7.81. The van der Waals surface area contributed by atoms with Crippen molar-refractivity contribution in [2.45, 2.75) is 37.3 Å². The van der Waals surface area contributed by atoms with Crippen LogP contribution in [-0.4, -0.2) is 39.3 Å². The number of likely N-dealkylation sites (tertiary alicyclic amines) is 1. The first-order chi connectivity index (χ1) is 10.7. The molecule has 1 aromatic heterocycles. The number of hydrogen-bond acceptors (Lipinski definition) is 6. The Hall–Kier alpha value is -1.92. The summed E-state index contributed by atoms with van der Waals surface area (Å²) in [5.41, 5.74) is 7.85. The Labute approximate surface area is 128 Å². The molecule has 3 N–H and O–H groups in total. The predicted octanol–water partition coefficient (Wildman–Crippen LogP) is 1.49. The van der Waals surface area contributed by atoms with Crippen LogP contribution in [0.4, 0.5) is 6.01 Å². The molecule has 6 nitrogen and oxygen atoms in total. The molecule has 1 saturated heterocycles. The van der Waals surface area contributed by atoms with Crippen molar-refractivity contribution in [3.8, 4) is 0 Å². The van der Waals surface area contributed by atoms with E-state index in [1.54, 1.807) is 0 Å². The van der Waals surface area contributed by atoms with Gasteiger partial charge in [-0.25, -0.2) is 0 Å². The lowest BCUT2D eigenvalue weighted by atomic mass is 9.95. The van der Waals surface area contributed by atoms with Gasteiger partial charge in [-0.2, -0.15) is 0 Å². The van der Waals surface area contributed by atoms with Crippen molar-refractivity contribution in [3.05, 3.63) is 41.3 Å². The number of fused-ring (bicyclic) bond motifs is 1. The van der Waals surface area contributed by atoms with Crippen molar-refractivity contribution in [2.24, 2.45) is 0 Å². The Balaban J connectivity index is 1.52. The molecule has 1 aliphatic carbocycles. The Morgan fingerprint density at radius 3 is 2.91 bits per heavy atom. The van der Waals surface area contributed by atoms with Crippen LogP contribution in [0, 0.1) is 0 Å². The van der Waals surface area contributed by atoms with Gasteiger partial charge in [-0.15, -0.1) is 5.10 Å². The first-order valence-electron chi connectivity index (χ1n) is 7.81. The maximum Gasteiger partial charge on any atom is 0.312 e. The number of rotatable bonds is 2. The molecule has 0 saturated carbocycles. The monoisotopic (exact) mass is 300 g/mol. The van der Waals surface area contributed by atoms with Crippen molar-refractivity contribution < 1.29 is 9.52 Å². The van der Waals surface area contributed by atoms with Crippen LogP contribution in [-0.2, 0) is 6.42 Å². The fourth-order valence-corrected chi connectivity index (χ4v) is 3.80. The van der Waals surface area contributed by atoms with Crippen LogP contribution in [0.15, 0.2) is 28.7 Å². The molecule has 6 heteroatoms. The topological polar surface area (TPSA) is 88.4 Å². The molecular weight excluding hydrogens is 280 g/mol. The minimum Gasteiger partial charge on any atom is -0.408 e. The van der Waals surface area contributed by atoms with Gasteiger partial charge in [0.2, 0.25) is 5.89 Å². The number of hydrogen-bond donors (Lipinski definition) is 2. The molecule has 0 radical (unpaired) electrons. The lowest BCUT2D eigenvalue weighted by Gasteiger charge is -2.37. The lowest BCUT2D eigenvalue weighted by molar-refractivity contribution is 0.0414. The highest BCUT2D eigenvalue weighted by Gasteiger charge is 2.38. The number of nitrogen functional groups attached to an aromatic ring is 1. The van der Waals surface area contributed by atoms with Gasteiger partial charge >= 0.3 is 6.01 Å². The average Bonchev–Trinajstić information content (AvgIpc) is 3.12. The minimum absolute atomic E-state index is 0.125. The maximum atomic E-state index is 10.6. The summed E-state index contributed by atoms with van der Waals surface area (Å²) >= 11 is 0. The molecule has 116 valence electrons. The molecular formula is C16H20N4O2. The fraction of sp³-hybridized carbons (Fsp3) is 0.500. The van der Waals surface area contributed by atoms with Gasteiger partial charge in [-0.3, -0.25) is 4.90 Å². The number of aliphatic hydroxyl groups is 1. The lowest BCUT2D eigenvalue weighted by Crippen LogP contribution is -2.44. The number of nitrogens with two attached hydrogens (primary N) is 1. The van der Waals surface area contributed by atoms with E-state index in [0.717, 1.165) is 37.9 Å². The van der Waals surface area contributed by atoms with Gasteiger partial charge < -0.3 is 15.3 Å². The zero-order valence-corrected chi connectivity index (χ0v) is 12.4. The molecule has 2 aromatic rings. The van der Waals surface area contributed by atoms with E-state index in [9.17, 15) is 5.11 Å². The maximum absolute atomic E-state index is 10.6. The molecule has 3 atom stereocenters. The molecule has 3 unspecified atom stereocenters. The van der Waals surface area contributed by atoms with Gasteiger partial charge in [0.1, 0.15) is 0 Å². The van der Waals surface area contributed by atoms with E-state index < -0.39 is 6.10 Å². The first kappa shape index (κ1) is 13.7. The molecule has 0 amide bonds. The SMILES string of the molecule is Nc1nnc(C2CCCN(C3Cc4ccccc4C3O)C2)o1. The van der Waals surface area contributed by atoms with E-state index >= 15 is 0 Å². The van der Waals surface area contributed by atoms with Gasteiger partial charge in [0.05, 0.1) is 12.0 Å². The number of anilines is 1. The minimum atomic E-state index is -0.414. The van der Waals surface area contributed by atoms with Crippen LogP contribution in [0.25, 0.3) is 0 Å². The molecule has 1 fully saturated rings. The summed E-state index contributed by atoms with van der Waals surface area (Å²) in [5.74, 6) is 0.821. The third-order valence-electron chi connectivity index (χ3n) is 4.89. The molecule has 1 aliphatic heterocycles. The summed E-state index contributed by atoms with van der Waals surface area (Å²) in [6.45, 7) is 1.83. The quantitative estimate of drug-likeness (QED) is 0.873. The Morgan fingerprint density at radius 2 is 2.14 bits per heavy atom. The molecule has 0 spiro atoms. The number of piperidine rings is 1. The highest BCUT2D eigenvalue weighted by atomic mass is 16.4. The normalized spacial score (nSPS) is 28.7. The standard InChI is InChI=1S/C16H20N4O2/c17-16-19-18-15(22-16)11-5-3-7-20(9-11)13-8-10-4-1-2-6-12(10)14(13)21/h1-2,4,6,11,13-14,21H,3,5,7-9H2,(H2,17,19). The molecule has 22 heavy (non-hydrogen) atoms. The van der Waals surface area contributed by atoms with E-state index in [-0.39, 0.29) is 18.0 Å². The molecule has 0 bridgehead atoms. The van der Waals surface area contributed by atoms with Crippen LogP contribution in [0.1, 0.15) is 41.9 Å². The van der Waals surface area contributed by atoms with Crippen LogP contribution in [0.5, 0.6) is 0 Å². The van der Waals surface area contributed by atoms with E-state index in [1.807, 2.05) is 18.2 Å². The average molecular weight is 300 g/mol. The fourth-order valence-electron chi connectivity index (χ4n) is 3.80. The molecule has 1 aromatic carbocycles. The van der Waals surface area contributed by atoms with Gasteiger partial charge in [0, 0.05) is 12.6 Å². The summed E-state index contributed by atoms with van der Waals surface area (Å²) in [7, 11) is 0. The van der Waals surface area contributed by atoms with E-state index in [2.05, 4.69) is 21.2 Å². The Morgan fingerprint density at radius 1 is 1.27 bits per heavy atom. The van der Waals surface area contributed by atoms with Crippen molar-refractivity contribution in [1.82, 2.24) is 15.1 Å². The number of nitrogens with zero attached hydrogens (tertiary/aromatic N) is 3. The molecule has 2 aliphatic rings. The zero-order chi connectivity index (χ0) is 15.1. The summed E-state index contributed by atoms with van der Waals surface area (Å²) in [6.07, 6.45) is 2.57. The van der Waals surface area contributed by atoms with Crippen LogP contribution in [0.2, 0.25) is 0 Å². The van der Waals surface area contributed by atoms with Gasteiger partial charge in [-0.1, -0.05) is 29.4 Å². The van der Waals surface area contributed by atoms with Crippen molar-refractivity contribution in [3.63, 3.8) is 0 Å². The summed E-state index contributed by atoms with van der Waals surface area (Å²) in [5, 5.41) is 18.4. The van der Waals surface area contributed by atoms with Gasteiger partial charge in [-0.05, 0) is 36.9 Å². The van der Waals surface area contributed by atoms with E-state index in [1.165, 1.54) is 5.56 Å². The van der Waals surface area contributed by atoms with E-state index in [4.69, 9.17) is 10.2 Å². The van der Waals surface area contributed by atoms with Crippen molar-refractivity contribution >= 4 is 6.01 Å². The highest BCUT2D eigenvalue weighted by Crippen LogP contribution is 2.37. The third-order valence-corrected chi connectivity index (χ3v) is 4.89. The Bertz CT molecular complexity index is 672. The van der Waals surface area contributed by atoms with E-state index in [0.29, 0.717) is 5.89 Å². The summed E-state index contributed by atoms with van der Waals surface area (Å²) < 4.78 is 5.39. The second-order valence-corrected chi connectivity index (χ2v) is 6.23. The third kappa shape index (κ3) is 2.28. The largest absolute Gasteiger partial charge is 0.408 e. The second-order valence-electron chi connectivity index (χ2n) is 6.23. The zero-order valence-electron chi connectivity index (χ0n) is 12.4. The van der Waals surface area contributed by atoms with Crippen LogP contribution >= 0.6 is 0 Å². The Kier molecular flexibility index (Phi) is 3.35. The number of benzene rings is 1. The van der Waals surface area contributed by atoms with Gasteiger partial charge in [0.25, 0.3) is 0 Å². The highest BCUT2D eigenvalue weighted by molar-refractivity contribution is 5.36. The van der Waals surface area contributed by atoms with Crippen molar-refractivity contribution in [2.75, 3.05) is 18.8 Å². The number of aliphatic hydroxyl groups excluding tert-OH is 1. The predicted molar refractivity (Wildman–Crippen MR) is 81.2 cm³/mol. The van der Waals surface area contributed by atoms with Crippen LogP contribution < -0.4 is 5.73 Å². The number of aromatic nitrogens is 2. The summed E-state index contributed by atoms with van der Waals surface area (Å²) in [4.78, 5) is 2.36. The van der Waals surface area contributed by atoms with Crippen LogP contribution in [0.3, 0.4) is 0 Å². The second kappa shape index (κ2) is 5.37. The van der Waals surface area contributed by atoms with Gasteiger partial charge in [0.15, 0.2) is 0 Å².